The van der Waals surface area contributed by atoms with Crippen molar-refractivity contribution in [1.82, 2.24) is 4.90 Å². The molecule has 1 atom stereocenters. The van der Waals surface area contributed by atoms with Gasteiger partial charge >= 0.3 is 0 Å². The van der Waals surface area contributed by atoms with Gasteiger partial charge in [-0.25, -0.2) is 0 Å². The number of carbonyl (C=O) groups is 1. The second-order valence-corrected chi connectivity index (χ2v) is 7.01. The molecule has 0 bridgehead atoms. The molecule has 2 nitrogen and oxygen atoms in total. The summed E-state index contributed by atoms with van der Waals surface area (Å²) in [5, 5.41) is 0. The van der Waals surface area contributed by atoms with Crippen molar-refractivity contribution in [3.8, 4) is 0 Å². The first-order valence-corrected chi connectivity index (χ1v) is 8.81. The molecule has 1 aliphatic heterocycles. The van der Waals surface area contributed by atoms with Crippen molar-refractivity contribution in [3.05, 3.63) is 76.9 Å². The summed E-state index contributed by atoms with van der Waals surface area (Å²) in [6, 6.07) is 19.6. The highest BCUT2D eigenvalue weighted by atomic mass is 16.1. The highest BCUT2D eigenvalue weighted by Crippen LogP contribution is 2.42. The summed E-state index contributed by atoms with van der Waals surface area (Å²) in [6.07, 6.45) is 1.78. The van der Waals surface area contributed by atoms with Gasteiger partial charge in [-0.2, -0.15) is 0 Å². The van der Waals surface area contributed by atoms with E-state index in [2.05, 4.69) is 59.5 Å². The number of hydrogen-bond donors (Lipinski definition) is 0. The van der Waals surface area contributed by atoms with Gasteiger partial charge in [-0.05, 0) is 47.1 Å². The number of nitrogens with zero attached hydrogens (tertiary/aromatic N) is 1. The van der Waals surface area contributed by atoms with Crippen LogP contribution in [0.15, 0.2) is 60.2 Å². The fourth-order valence-corrected chi connectivity index (χ4v) is 4.14. The number of fused-ring (bicyclic) bond motifs is 2. The van der Waals surface area contributed by atoms with Crippen LogP contribution in [0.2, 0.25) is 0 Å². The van der Waals surface area contributed by atoms with Gasteiger partial charge in [-0.1, -0.05) is 54.6 Å². The van der Waals surface area contributed by atoms with Gasteiger partial charge in [0.1, 0.15) is 5.78 Å². The zero-order chi connectivity index (χ0) is 16.5. The van der Waals surface area contributed by atoms with E-state index in [1.54, 1.807) is 12.5 Å². The van der Waals surface area contributed by atoms with Crippen LogP contribution in [-0.4, -0.2) is 30.3 Å². The monoisotopic (exact) mass is 317 g/mol. The predicted molar refractivity (Wildman–Crippen MR) is 97.8 cm³/mol. The molecular formula is C22H23NO. The van der Waals surface area contributed by atoms with Crippen LogP contribution in [0.4, 0.5) is 0 Å². The fourth-order valence-electron chi connectivity index (χ4n) is 4.14. The Morgan fingerprint density at radius 3 is 2.62 bits per heavy atom. The Bertz CT molecular complexity index is 791. The Morgan fingerprint density at radius 2 is 1.83 bits per heavy atom. The first kappa shape index (κ1) is 15.3. The molecule has 2 aromatic carbocycles. The molecule has 0 aromatic heterocycles. The molecule has 1 unspecified atom stereocenters. The van der Waals surface area contributed by atoms with Crippen molar-refractivity contribution < 1.29 is 4.79 Å². The van der Waals surface area contributed by atoms with Crippen LogP contribution in [0.5, 0.6) is 0 Å². The lowest BCUT2D eigenvalue weighted by Gasteiger charge is -2.26. The van der Waals surface area contributed by atoms with Crippen molar-refractivity contribution in [1.29, 1.82) is 0 Å². The summed E-state index contributed by atoms with van der Waals surface area (Å²) < 4.78 is 0. The molecule has 122 valence electrons. The second-order valence-electron chi connectivity index (χ2n) is 7.01. The van der Waals surface area contributed by atoms with Crippen molar-refractivity contribution in [3.63, 3.8) is 0 Å². The Labute approximate surface area is 143 Å². The van der Waals surface area contributed by atoms with E-state index < -0.39 is 0 Å². The third-order valence-electron chi connectivity index (χ3n) is 5.28. The molecule has 1 saturated heterocycles. The molecule has 0 saturated carbocycles. The molecule has 0 N–H and O–H groups in total. The van der Waals surface area contributed by atoms with E-state index in [9.17, 15) is 4.79 Å². The van der Waals surface area contributed by atoms with Crippen LogP contribution in [0.1, 0.15) is 30.0 Å². The van der Waals surface area contributed by atoms with Gasteiger partial charge < -0.3 is 0 Å². The van der Waals surface area contributed by atoms with Gasteiger partial charge in [0.15, 0.2) is 0 Å². The van der Waals surface area contributed by atoms with Crippen molar-refractivity contribution in [2.45, 2.75) is 19.8 Å². The number of carbonyl (C=O) groups excluding carboxylic acids is 1. The van der Waals surface area contributed by atoms with Crippen molar-refractivity contribution in [2.75, 3.05) is 19.6 Å². The van der Waals surface area contributed by atoms with E-state index in [1.165, 1.54) is 22.3 Å². The average molecular weight is 317 g/mol. The lowest BCUT2D eigenvalue weighted by molar-refractivity contribution is -0.117. The Kier molecular flexibility index (Phi) is 4.07. The minimum atomic E-state index is 0.283. The first-order valence-electron chi connectivity index (χ1n) is 8.81. The maximum absolute atomic E-state index is 11.3. The minimum Gasteiger partial charge on any atom is -0.300 e. The number of ketones is 1. The van der Waals surface area contributed by atoms with Gasteiger partial charge in [0.2, 0.25) is 0 Å². The summed E-state index contributed by atoms with van der Waals surface area (Å²) in [5.41, 5.74) is 7.15. The predicted octanol–water partition coefficient (Wildman–Crippen LogP) is 3.96. The third kappa shape index (κ3) is 2.83. The summed E-state index contributed by atoms with van der Waals surface area (Å²) in [4.78, 5) is 13.8. The molecule has 1 heterocycles. The average Bonchev–Trinajstić information content (AvgIpc) is 3.01. The van der Waals surface area contributed by atoms with Crippen LogP contribution in [0.3, 0.4) is 0 Å². The van der Waals surface area contributed by atoms with Crippen LogP contribution < -0.4 is 0 Å². The van der Waals surface area contributed by atoms with E-state index >= 15 is 0 Å². The summed E-state index contributed by atoms with van der Waals surface area (Å²) >= 11 is 0. The first-order chi connectivity index (χ1) is 11.7. The normalized spacial score (nSPS) is 20.0. The third-order valence-corrected chi connectivity index (χ3v) is 5.28. The Hall–Kier alpha value is -2.19. The lowest BCUT2D eigenvalue weighted by Crippen LogP contribution is -2.23. The zero-order valence-electron chi connectivity index (χ0n) is 14.2. The van der Waals surface area contributed by atoms with Gasteiger partial charge in [0.05, 0.1) is 0 Å². The molecule has 0 amide bonds. The van der Waals surface area contributed by atoms with Gasteiger partial charge in [-0.15, -0.1) is 0 Å². The van der Waals surface area contributed by atoms with Crippen LogP contribution >= 0.6 is 0 Å². The molecular weight excluding hydrogens is 294 g/mol. The highest BCUT2D eigenvalue weighted by molar-refractivity contribution is 5.86. The number of rotatable bonds is 4. The van der Waals surface area contributed by atoms with Crippen molar-refractivity contribution >= 4 is 11.4 Å². The Morgan fingerprint density at radius 1 is 1.08 bits per heavy atom. The molecule has 1 aliphatic carbocycles. The van der Waals surface area contributed by atoms with Gasteiger partial charge in [-0.3, -0.25) is 9.69 Å². The minimum absolute atomic E-state index is 0.283. The smallest absolute Gasteiger partial charge is 0.131 e. The lowest BCUT2D eigenvalue weighted by atomic mass is 9.78. The summed E-state index contributed by atoms with van der Waals surface area (Å²) in [6.45, 7) is 4.64. The van der Waals surface area contributed by atoms with E-state index in [0.717, 1.165) is 26.1 Å². The molecule has 2 aliphatic rings. The molecule has 24 heavy (non-hydrogen) atoms. The van der Waals surface area contributed by atoms with Crippen molar-refractivity contribution in [2.24, 2.45) is 5.92 Å². The molecule has 2 heteroatoms. The van der Waals surface area contributed by atoms with Gasteiger partial charge in [0.25, 0.3) is 0 Å². The number of benzene rings is 2. The topological polar surface area (TPSA) is 20.3 Å². The fraction of sp³-hybridized carbons (Fsp3) is 0.318. The molecule has 1 fully saturated rings. The standard InChI is InChI=1S/C22H23NO/c1-16(24)11-12-23-14-19-13-18-9-5-6-10-20(18)22(21(19)15-23)17-7-3-2-4-8-17/h2-10,19H,11-15H2,1H3. The van der Waals surface area contributed by atoms with E-state index in [4.69, 9.17) is 0 Å². The number of likely N-dealkylation sites (tertiary alicyclic amines) is 1. The summed E-state index contributed by atoms with van der Waals surface area (Å²) in [5.74, 6) is 0.868. The summed E-state index contributed by atoms with van der Waals surface area (Å²) in [7, 11) is 0. The SMILES string of the molecule is CC(=O)CCN1CC2=C(c3ccccc3)c3ccccc3CC2C1. The second kappa shape index (κ2) is 6.37. The maximum atomic E-state index is 11.3. The van der Waals surface area contributed by atoms with Crippen LogP contribution in [0.25, 0.3) is 5.57 Å². The van der Waals surface area contributed by atoms with Crippen LogP contribution in [0, 0.1) is 5.92 Å². The highest BCUT2D eigenvalue weighted by Gasteiger charge is 2.34. The Balaban J connectivity index is 1.75. The van der Waals surface area contributed by atoms with E-state index in [0.29, 0.717) is 12.3 Å². The largest absolute Gasteiger partial charge is 0.300 e. The van der Waals surface area contributed by atoms with Gasteiger partial charge in [0, 0.05) is 26.1 Å². The quantitative estimate of drug-likeness (QED) is 0.851. The van der Waals surface area contributed by atoms with Crippen LogP contribution in [-0.2, 0) is 11.2 Å². The number of hydrogen-bond acceptors (Lipinski definition) is 2. The molecule has 2 aromatic rings. The van der Waals surface area contributed by atoms with E-state index in [-0.39, 0.29) is 5.78 Å². The van der Waals surface area contributed by atoms with E-state index in [1.807, 2.05) is 0 Å². The zero-order valence-corrected chi connectivity index (χ0v) is 14.2. The molecule has 4 rings (SSSR count). The maximum Gasteiger partial charge on any atom is 0.131 e. The molecule has 0 spiro atoms. The molecule has 0 radical (unpaired) electrons. The number of Topliss-reactive ketones (excluding diaryl/α,β-unsaturated/α-hetero) is 1.